The van der Waals surface area contributed by atoms with Gasteiger partial charge in [0.15, 0.2) is 0 Å². The summed E-state index contributed by atoms with van der Waals surface area (Å²) in [5.74, 6) is -1.79. The molecule has 3 rings (SSSR count). The molecule has 1 aromatic heterocycles. The lowest BCUT2D eigenvalue weighted by molar-refractivity contribution is -0.140. The highest BCUT2D eigenvalue weighted by molar-refractivity contribution is 6.30. The Labute approximate surface area is 158 Å². The number of rotatable bonds is 2. The van der Waals surface area contributed by atoms with Crippen LogP contribution < -0.4 is 4.90 Å². The van der Waals surface area contributed by atoms with E-state index in [2.05, 4.69) is 4.98 Å². The number of carbonyl (C=O) groups is 1. The molecule has 27 heavy (non-hydrogen) atoms. The lowest BCUT2D eigenvalue weighted by Gasteiger charge is -2.25. The van der Waals surface area contributed by atoms with Crippen LogP contribution in [0.3, 0.4) is 0 Å². The van der Waals surface area contributed by atoms with Crippen molar-refractivity contribution in [3.63, 3.8) is 0 Å². The molecular formula is C19H15ClF4N2O. The van der Waals surface area contributed by atoms with Gasteiger partial charge in [-0.05, 0) is 42.7 Å². The minimum atomic E-state index is -4.87. The Morgan fingerprint density at radius 2 is 1.96 bits per heavy atom. The number of hydrogen-bond donors (Lipinski definition) is 0. The van der Waals surface area contributed by atoms with Crippen molar-refractivity contribution in [1.29, 1.82) is 0 Å². The molecule has 0 fully saturated rings. The average Bonchev–Trinajstić information content (AvgIpc) is 2.73. The molecule has 0 saturated carbocycles. The number of allylic oxidation sites excluding steroid dienone is 1. The van der Waals surface area contributed by atoms with Gasteiger partial charge in [-0.3, -0.25) is 14.7 Å². The standard InChI is InChI=1S/C19H15ClF4N2O/c1-11-2-5-18(27)26(17(8-11)16-9-12(20)6-7-25-16)13-3-4-15(21)14(10-13)19(22,23)24/h3-4,6-11H,2,5H2,1H3. The smallest absolute Gasteiger partial charge is 0.279 e. The molecule has 0 N–H and O–H groups in total. The van der Waals surface area contributed by atoms with E-state index >= 15 is 0 Å². The number of hydrogen-bond acceptors (Lipinski definition) is 2. The van der Waals surface area contributed by atoms with Crippen molar-refractivity contribution in [3.05, 3.63) is 64.7 Å². The van der Waals surface area contributed by atoms with Crippen molar-refractivity contribution < 1.29 is 22.4 Å². The van der Waals surface area contributed by atoms with Crippen LogP contribution in [0, 0.1) is 11.7 Å². The molecule has 1 amide bonds. The fourth-order valence-corrected chi connectivity index (χ4v) is 3.08. The first-order valence-corrected chi connectivity index (χ1v) is 8.58. The zero-order chi connectivity index (χ0) is 19.8. The van der Waals surface area contributed by atoms with Crippen molar-refractivity contribution >= 4 is 28.9 Å². The molecule has 0 spiro atoms. The quantitative estimate of drug-likeness (QED) is 0.608. The Balaban J connectivity index is 2.18. The van der Waals surface area contributed by atoms with Crippen LogP contribution in [-0.4, -0.2) is 10.9 Å². The van der Waals surface area contributed by atoms with Crippen LogP contribution in [-0.2, 0) is 11.0 Å². The van der Waals surface area contributed by atoms with Gasteiger partial charge in [0.1, 0.15) is 5.82 Å². The van der Waals surface area contributed by atoms with Gasteiger partial charge < -0.3 is 0 Å². The first-order valence-electron chi connectivity index (χ1n) is 8.20. The van der Waals surface area contributed by atoms with E-state index in [4.69, 9.17) is 11.6 Å². The van der Waals surface area contributed by atoms with E-state index in [1.54, 1.807) is 12.1 Å². The SMILES string of the molecule is CC1C=C(c2cc(Cl)ccn2)N(c2ccc(F)c(C(F)(F)F)c2)C(=O)CC1. The molecular weight excluding hydrogens is 384 g/mol. The van der Waals surface area contributed by atoms with Gasteiger partial charge in [-0.1, -0.05) is 24.6 Å². The Hall–Kier alpha value is -2.41. The Morgan fingerprint density at radius 3 is 2.63 bits per heavy atom. The van der Waals surface area contributed by atoms with E-state index in [0.717, 1.165) is 11.0 Å². The highest BCUT2D eigenvalue weighted by Crippen LogP contribution is 2.37. The Bertz CT molecular complexity index is 911. The largest absolute Gasteiger partial charge is 0.419 e. The monoisotopic (exact) mass is 398 g/mol. The van der Waals surface area contributed by atoms with Crippen molar-refractivity contribution in [1.82, 2.24) is 4.98 Å². The van der Waals surface area contributed by atoms with Gasteiger partial charge in [0.2, 0.25) is 5.91 Å². The molecule has 2 aromatic rings. The predicted molar refractivity (Wildman–Crippen MR) is 94.5 cm³/mol. The molecule has 142 valence electrons. The average molecular weight is 399 g/mol. The number of amides is 1. The molecule has 1 unspecified atom stereocenters. The van der Waals surface area contributed by atoms with E-state index in [1.807, 2.05) is 6.92 Å². The van der Waals surface area contributed by atoms with Gasteiger partial charge in [-0.25, -0.2) is 4.39 Å². The number of halogens is 5. The van der Waals surface area contributed by atoms with Crippen molar-refractivity contribution in [2.24, 2.45) is 5.92 Å². The number of nitrogens with zero attached hydrogens (tertiary/aromatic N) is 2. The fourth-order valence-electron chi connectivity index (χ4n) is 2.92. The van der Waals surface area contributed by atoms with E-state index in [9.17, 15) is 22.4 Å². The van der Waals surface area contributed by atoms with Crippen LogP contribution in [0.2, 0.25) is 5.02 Å². The summed E-state index contributed by atoms with van der Waals surface area (Å²) in [6.45, 7) is 1.90. The van der Waals surface area contributed by atoms with Crippen LogP contribution >= 0.6 is 11.6 Å². The molecule has 3 nitrogen and oxygen atoms in total. The molecule has 0 bridgehead atoms. The molecule has 1 atom stereocenters. The third-order valence-electron chi connectivity index (χ3n) is 4.24. The third kappa shape index (κ3) is 4.13. The molecule has 1 aliphatic rings. The van der Waals surface area contributed by atoms with Gasteiger partial charge >= 0.3 is 6.18 Å². The zero-order valence-corrected chi connectivity index (χ0v) is 15.0. The minimum Gasteiger partial charge on any atom is -0.279 e. The van der Waals surface area contributed by atoms with Crippen molar-refractivity contribution in [2.75, 3.05) is 4.90 Å². The van der Waals surface area contributed by atoms with Crippen LogP contribution in [0.1, 0.15) is 31.0 Å². The van der Waals surface area contributed by atoms with E-state index in [1.165, 1.54) is 12.3 Å². The van der Waals surface area contributed by atoms with E-state index in [0.29, 0.717) is 35.0 Å². The summed E-state index contributed by atoms with van der Waals surface area (Å²) in [5.41, 5.74) is -0.825. The zero-order valence-electron chi connectivity index (χ0n) is 14.2. The molecule has 1 aliphatic heterocycles. The maximum atomic E-state index is 13.7. The van der Waals surface area contributed by atoms with Gasteiger partial charge in [-0.15, -0.1) is 0 Å². The summed E-state index contributed by atoms with van der Waals surface area (Å²) in [4.78, 5) is 18.1. The number of aromatic nitrogens is 1. The summed E-state index contributed by atoms with van der Waals surface area (Å²) >= 11 is 6.01. The van der Waals surface area contributed by atoms with Crippen LogP contribution in [0.15, 0.2) is 42.6 Å². The summed E-state index contributed by atoms with van der Waals surface area (Å²) in [6.07, 6.45) is -0.990. The molecule has 0 saturated heterocycles. The molecule has 2 heterocycles. The number of anilines is 1. The molecule has 8 heteroatoms. The van der Waals surface area contributed by atoms with E-state index < -0.39 is 23.5 Å². The van der Waals surface area contributed by atoms with Crippen LogP contribution in [0.5, 0.6) is 0 Å². The lowest BCUT2D eigenvalue weighted by Crippen LogP contribution is -2.29. The van der Waals surface area contributed by atoms with Gasteiger partial charge in [0.05, 0.1) is 17.0 Å². The highest BCUT2D eigenvalue weighted by atomic mass is 35.5. The number of carbonyl (C=O) groups excluding carboxylic acids is 1. The summed E-state index contributed by atoms with van der Waals surface area (Å²) in [5, 5.41) is 0.375. The second-order valence-corrected chi connectivity index (χ2v) is 6.75. The fraction of sp³-hybridized carbons (Fsp3) is 0.263. The van der Waals surface area contributed by atoms with Crippen LogP contribution in [0.25, 0.3) is 5.70 Å². The maximum Gasteiger partial charge on any atom is 0.419 e. The first-order chi connectivity index (χ1) is 12.7. The molecule has 1 aromatic carbocycles. The lowest BCUT2D eigenvalue weighted by atomic mass is 10.1. The van der Waals surface area contributed by atoms with Crippen LogP contribution in [0.4, 0.5) is 23.2 Å². The third-order valence-corrected chi connectivity index (χ3v) is 4.48. The predicted octanol–water partition coefficient (Wildman–Crippen LogP) is 5.70. The van der Waals surface area contributed by atoms with Gasteiger partial charge in [0.25, 0.3) is 0 Å². The second-order valence-electron chi connectivity index (χ2n) is 6.32. The van der Waals surface area contributed by atoms with Crippen molar-refractivity contribution in [2.45, 2.75) is 25.9 Å². The van der Waals surface area contributed by atoms with Gasteiger partial charge in [-0.2, -0.15) is 13.2 Å². The highest BCUT2D eigenvalue weighted by Gasteiger charge is 2.36. The normalized spacial score (nSPS) is 18.3. The first kappa shape index (κ1) is 19.4. The summed E-state index contributed by atoms with van der Waals surface area (Å²) in [6, 6.07) is 5.58. The second kappa shape index (κ2) is 7.31. The number of benzene rings is 1. The topological polar surface area (TPSA) is 33.2 Å². The summed E-state index contributed by atoms with van der Waals surface area (Å²) in [7, 11) is 0. The summed E-state index contributed by atoms with van der Waals surface area (Å²) < 4.78 is 53.0. The minimum absolute atomic E-state index is 0.00253. The molecule has 0 radical (unpaired) electrons. The van der Waals surface area contributed by atoms with E-state index in [-0.39, 0.29) is 18.0 Å². The molecule has 0 aliphatic carbocycles. The van der Waals surface area contributed by atoms with Gasteiger partial charge in [0, 0.05) is 23.3 Å². The maximum absolute atomic E-state index is 13.7. The van der Waals surface area contributed by atoms with Crippen molar-refractivity contribution in [3.8, 4) is 0 Å². The Morgan fingerprint density at radius 1 is 1.22 bits per heavy atom. The Kier molecular flexibility index (Phi) is 5.24. The number of pyridine rings is 1. The number of alkyl halides is 3.